The first-order chi connectivity index (χ1) is 24.8. The van der Waals surface area contributed by atoms with Crippen LogP contribution in [0.2, 0.25) is 0 Å². The Balaban J connectivity index is 1.58. The van der Waals surface area contributed by atoms with Crippen molar-refractivity contribution in [2.45, 2.75) is 45.6 Å². The molecule has 11 heteroatoms. The molecule has 1 unspecified atom stereocenters. The minimum atomic E-state index is -0.686. The average molecular weight is 698 g/mol. The molecule has 1 atom stereocenters. The van der Waals surface area contributed by atoms with Crippen LogP contribution < -0.4 is 38.7 Å². The summed E-state index contributed by atoms with van der Waals surface area (Å²) in [5.41, 5.74) is 6.75. The standard InChI is InChI=1S/C40H47N3O8/c1-7-26-18-35-34(47-4)22-32(26)43(38(45)24-44)42-17-15-29-21-37(48-5)40(49-6)39(31(29)23-42)51-36-20-27(28(14-16-41-2)19-33(36)46-3)11-8-25-9-12-30(50-35)13-10-25/h9-10,12-13,18-22,41,44H,7-8,11,14-17,23-24H2,1-6H3. The number of likely N-dealkylation sites (N-methyl/N-ethyl adjacent to an activating group) is 1. The molecule has 0 spiro atoms. The third kappa shape index (κ3) is 7.28. The number of benzene rings is 4. The number of rotatable bonds is 9. The number of methoxy groups -OCH3 is 4. The highest BCUT2D eigenvalue weighted by atomic mass is 16.5. The zero-order valence-corrected chi connectivity index (χ0v) is 30.3. The van der Waals surface area contributed by atoms with Gasteiger partial charge in [0.05, 0.1) is 34.1 Å². The molecule has 4 aromatic carbocycles. The van der Waals surface area contributed by atoms with Crippen molar-refractivity contribution in [1.29, 1.82) is 0 Å². The van der Waals surface area contributed by atoms with Crippen molar-refractivity contribution >= 4 is 11.6 Å². The lowest BCUT2D eigenvalue weighted by Gasteiger charge is -2.39. The van der Waals surface area contributed by atoms with Gasteiger partial charge in [-0.1, -0.05) is 19.1 Å². The maximum absolute atomic E-state index is 13.7. The van der Waals surface area contributed by atoms with Gasteiger partial charge in [0.25, 0.3) is 5.91 Å². The van der Waals surface area contributed by atoms with Crippen LogP contribution in [0.3, 0.4) is 0 Å². The summed E-state index contributed by atoms with van der Waals surface area (Å²) in [5.74, 6) is 3.77. The van der Waals surface area contributed by atoms with Crippen molar-refractivity contribution in [3.8, 4) is 46.0 Å². The van der Waals surface area contributed by atoms with E-state index in [1.807, 2.05) is 43.2 Å². The van der Waals surface area contributed by atoms with E-state index in [1.165, 1.54) is 5.56 Å². The van der Waals surface area contributed by atoms with E-state index in [-0.39, 0.29) is 6.54 Å². The molecule has 0 fully saturated rings. The van der Waals surface area contributed by atoms with Crippen LogP contribution in [-0.2, 0) is 43.4 Å². The predicted molar refractivity (Wildman–Crippen MR) is 195 cm³/mol. The number of aryl methyl sites for hydroxylation is 3. The molecule has 1 amide bonds. The van der Waals surface area contributed by atoms with Gasteiger partial charge >= 0.3 is 0 Å². The molecule has 0 saturated carbocycles. The maximum atomic E-state index is 13.7. The van der Waals surface area contributed by atoms with Gasteiger partial charge in [0.15, 0.2) is 34.5 Å². The van der Waals surface area contributed by atoms with Gasteiger partial charge in [0.1, 0.15) is 12.4 Å². The average Bonchev–Trinajstić information content (AvgIpc) is 3.16. The van der Waals surface area contributed by atoms with Gasteiger partial charge < -0.3 is 38.8 Å². The first-order valence-electron chi connectivity index (χ1n) is 17.3. The molecule has 5 heterocycles. The van der Waals surface area contributed by atoms with Crippen molar-refractivity contribution in [3.63, 3.8) is 0 Å². The summed E-state index contributed by atoms with van der Waals surface area (Å²) in [6.07, 6.45) is 3.56. The minimum Gasteiger partial charge on any atom is -0.493 e. The lowest BCUT2D eigenvalue weighted by Crippen LogP contribution is -2.50. The quantitative estimate of drug-likeness (QED) is 0.215. The fourth-order valence-electron chi connectivity index (χ4n) is 6.91. The normalized spacial score (nSPS) is 15.1. The number of hydrogen-bond acceptors (Lipinski definition) is 10. The van der Waals surface area contributed by atoms with E-state index in [1.54, 1.807) is 39.5 Å². The highest BCUT2D eigenvalue weighted by molar-refractivity contribution is 5.94. The Hall–Kier alpha value is -4.97. The number of ether oxygens (including phenoxy) is 6. The van der Waals surface area contributed by atoms with E-state index in [4.69, 9.17) is 28.4 Å². The van der Waals surface area contributed by atoms with Crippen molar-refractivity contribution < 1.29 is 38.3 Å². The minimum absolute atomic E-state index is 0.280. The summed E-state index contributed by atoms with van der Waals surface area (Å²) in [4.78, 5) is 13.7. The number of nitrogens with zero attached hydrogens (tertiary/aromatic N) is 2. The fraction of sp³-hybridized carbons (Fsp3) is 0.375. The van der Waals surface area contributed by atoms with Crippen molar-refractivity contribution in [2.75, 3.05) is 60.2 Å². The molecular formula is C40H47N3O8. The number of anilines is 1. The van der Waals surface area contributed by atoms with Crippen LogP contribution in [0.25, 0.3) is 0 Å². The smallest absolute Gasteiger partial charge is 0.267 e. The van der Waals surface area contributed by atoms with E-state index < -0.39 is 12.5 Å². The van der Waals surface area contributed by atoms with Gasteiger partial charge in [-0.15, -0.1) is 0 Å². The number of carbonyl (C=O) groups is 1. The number of amides is 1. The Labute approximate surface area is 299 Å². The summed E-state index contributed by atoms with van der Waals surface area (Å²) in [6, 6.07) is 17.9. The van der Waals surface area contributed by atoms with Crippen LogP contribution >= 0.6 is 0 Å². The highest BCUT2D eigenvalue weighted by Gasteiger charge is 2.33. The van der Waals surface area contributed by atoms with E-state index in [0.717, 1.165) is 53.6 Å². The molecule has 0 aromatic heterocycles. The second kappa shape index (κ2) is 15.9. The molecule has 11 nitrogen and oxygen atoms in total. The SMILES string of the molecule is CCc1cc2c(OC)cc1N(C(=O)CO)N1CCc3cc(OC)c(OC)c(c3C1)Oc1cc(c(CCNC)cc1OC)CCc1ccc(cc1)O2. The van der Waals surface area contributed by atoms with Gasteiger partial charge in [-0.3, -0.25) is 4.79 Å². The lowest BCUT2D eigenvalue weighted by atomic mass is 9.96. The molecule has 270 valence electrons. The number of nitrogens with one attached hydrogen (secondary N) is 1. The summed E-state index contributed by atoms with van der Waals surface area (Å²) in [7, 11) is 8.35. The summed E-state index contributed by atoms with van der Waals surface area (Å²) >= 11 is 0. The Morgan fingerprint density at radius 1 is 0.824 bits per heavy atom. The monoisotopic (exact) mass is 697 g/mol. The van der Waals surface area contributed by atoms with E-state index in [2.05, 4.69) is 29.6 Å². The molecule has 0 aliphatic carbocycles. The zero-order chi connectivity index (χ0) is 36.1. The molecule has 5 aliphatic rings. The number of hydrogen-bond donors (Lipinski definition) is 2. The second-order valence-electron chi connectivity index (χ2n) is 12.5. The molecule has 9 rings (SSSR count). The number of hydrazine groups is 1. The van der Waals surface area contributed by atoms with Crippen LogP contribution in [0.1, 0.15) is 40.3 Å². The number of aliphatic hydroxyl groups excluding tert-OH is 1. The molecule has 4 aromatic rings. The largest absolute Gasteiger partial charge is 0.493 e. The third-order valence-electron chi connectivity index (χ3n) is 9.61. The Kier molecular flexibility index (Phi) is 11.2. The van der Waals surface area contributed by atoms with Gasteiger partial charge in [-0.25, -0.2) is 10.0 Å². The highest BCUT2D eigenvalue weighted by Crippen LogP contribution is 2.48. The number of aliphatic hydroxyl groups is 1. The molecule has 51 heavy (non-hydrogen) atoms. The lowest BCUT2D eigenvalue weighted by molar-refractivity contribution is -0.124. The van der Waals surface area contributed by atoms with E-state index in [0.29, 0.717) is 71.1 Å². The van der Waals surface area contributed by atoms with Gasteiger partial charge in [0, 0.05) is 24.7 Å². The van der Waals surface area contributed by atoms with Crippen LogP contribution in [0.15, 0.2) is 54.6 Å². The van der Waals surface area contributed by atoms with Gasteiger partial charge in [0.2, 0.25) is 5.75 Å². The zero-order valence-electron chi connectivity index (χ0n) is 30.3. The Morgan fingerprint density at radius 3 is 2.22 bits per heavy atom. The van der Waals surface area contributed by atoms with Gasteiger partial charge in [-0.2, -0.15) is 0 Å². The first kappa shape index (κ1) is 35.8. The molecular weight excluding hydrogens is 650 g/mol. The summed E-state index contributed by atoms with van der Waals surface area (Å²) in [5, 5.41) is 17.0. The van der Waals surface area contributed by atoms with Crippen molar-refractivity contribution in [3.05, 3.63) is 88.0 Å². The van der Waals surface area contributed by atoms with E-state index in [9.17, 15) is 9.90 Å². The number of carbonyl (C=O) groups excluding carboxylic acids is 1. The van der Waals surface area contributed by atoms with Crippen molar-refractivity contribution in [2.24, 2.45) is 0 Å². The topological polar surface area (TPSA) is 111 Å². The Morgan fingerprint density at radius 2 is 1.55 bits per heavy atom. The van der Waals surface area contributed by atoms with Crippen molar-refractivity contribution in [1.82, 2.24) is 10.3 Å². The Bertz CT molecular complexity index is 1880. The summed E-state index contributed by atoms with van der Waals surface area (Å²) in [6.45, 7) is 2.90. The fourth-order valence-corrected chi connectivity index (χ4v) is 6.91. The van der Waals surface area contributed by atoms with Gasteiger partial charge in [-0.05, 0) is 110 Å². The summed E-state index contributed by atoms with van der Waals surface area (Å²) < 4.78 is 36.8. The van der Waals surface area contributed by atoms with Crippen LogP contribution in [0.4, 0.5) is 5.69 Å². The maximum Gasteiger partial charge on any atom is 0.267 e. The van der Waals surface area contributed by atoms with Crippen LogP contribution in [0.5, 0.6) is 46.0 Å². The third-order valence-corrected chi connectivity index (χ3v) is 9.61. The second-order valence-corrected chi connectivity index (χ2v) is 12.5. The first-order valence-corrected chi connectivity index (χ1v) is 17.3. The molecule has 0 saturated heterocycles. The molecule has 2 N–H and O–H groups in total. The molecule has 5 aliphatic heterocycles. The van der Waals surface area contributed by atoms with Crippen LogP contribution in [0, 0.1) is 0 Å². The van der Waals surface area contributed by atoms with Crippen LogP contribution in [-0.4, -0.2) is 71.2 Å². The van der Waals surface area contributed by atoms with E-state index >= 15 is 0 Å². The molecule has 0 radical (unpaired) electrons. The molecule has 8 bridgehead atoms. The predicted octanol–water partition coefficient (Wildman–Crippen LogP) is 6.03.